The summed E-state index contributed by atoms with van der Waals surface area (Å²) in [6, 6.07) is 8.51. The van der Waals surface area contributed by atoms with Gasteiger partial charge in [0.2, 0.25) is 0 Å². The maximum Gasteiger partial charge on any atom is 0.355 e. The first kappa shape index (κ1) is 13.4. The minimum atomic E-state index is -1.08. The van der Waals surface area contributed by atoms with Gasteiger partial charge in [-0.25, -0.2) is 9.78 Å². The molecule has 0 fully saturated rings. The Morgan fingerprint density at radius 3 is 2.79 bits per heavy atom. The molecule has 0 spiro atoms. The molecule has 0 saturated heterocycles. The van der Waals surface area contributed by atoms with Gasteiger partial charge in [-0.3, -0.25) is 0 Å². The molecule has 4 nitrogen and oxygen atoms in total. The molecule has 0 aliphatic rings. The van der Waals surface area contributed by atoms with Crippen LogP contribution in [-0.2, 0) is 0 Å². The van der Waals surface area contributed by atoms with Crippen LogP contribution in [0.1, 0.15) is 17.4 Å². The highest BCUT2D eigenvalue weighted by Gasteiger charge is 2.15. The van der Waals surface area contributed by atoms with Gasteiger partial charge in [0, 0.05) is 17.3 Å². The van der Waals surface area contributed by atoms with Gasteiger partial charge in [0.1, 0.15) is 5.75 Å². The van der Waals surface area contributed by atoms with Crippen molar-refractivity contribution in [3.63, 3.8) is 0 Å². The fourth-order valence-electron chi connectivity index (χ4n) is 1.76. The topological polar surface area (TPSA) is 59.4 Å². The minimum Gasteiger partial charge on any atom is -0.494 e. The molecule has 0 atom stereocenters. The fraction of sp³-hybridized carbons (Fsp3) is 0.143. The van der Waals surface area contributed by atoms with E-state index in [0.29, 0.717) is 28.5 Å². The Morgan fingerprint density at radius 1 is 1.37 bits per heavy atom. The van der Waals surface area contributed by atoms with Crippen LogP contribution in [0, 0.1) is 0 Å². The fourth-order valence-corrected chi connectivity index (χ4v) is 2.04. The summed E-state index contributed by atoms with van der Waals surface area (Å²) in [4.78, 5) is 15.0. The van der Waals surface area contributed by atoms with Crippen LogP contribution in [-0.4, -0.2) is 22.7 Å². The highest BCUT2D eigenvalue weighted by molar-refractivity contribution is 6.33. The standard InChI is InChI=1S/C14H12ClNO3/c1-2-19-9-5-6-10(12(15)8-9)11-4-3-7-16-13(11)14(17)18/h3-8H,2H2,1H3,(H,17,18). The SMILES string of the molecule is CCOc1ccc(-c2cccnc2C(=O)O)c(Cl)c1. The zero-order valence-corrected chi connectivity index (χ0v) is 11.0. The van der Waals surface area contributed by atoms with Crippen molar-refractivity contribution in [2.45, 2.75) is 6.92 Å². The number of benzene rings is 1. The maximum atomic E-state index is 11.1. The van der Waals surface area contributed by atoms with Crippen LogP contribution in [0.15, 0.2) is 36.5 Å². The van der Waals surface area contributed by atoms with E-state index >= 15 is 0 Å². The van der Waals surface area contributed by atoms with Gasteiger partial charge < -0.3 is 9.84 Å². The average Bonchev–Trinajstić information content (AvgIpc) is 2.39. The van der Waals surface area contributed by atoms with Gasteiger partial charge in [-0.2, -0.15) is 0 Å². The van der Waals surface area contributed by atoms with Crippen LogP contribution in [0.4, 0.5) is 0 Å². The van der Waals surface area contributed by atoms with Crippen LogP contribution in [0.5, 0.6) is 5.75 Å². The molecule has 5 heteroatoms. The van der Waals surface area contributed by atoms with E-state index in [4.69, 9.17) is 21.4 Å². The Balaban J connectivity index is 2.50. The highest BCUT2D eigenvalue weighted by atomic mass is 35.5. The summed E-state index contributed by atoms with van der Waals surface area (Å²) >= 11 is 6.18. The molecule has 0 aliphatic heterocycles. The van der Waals surface area contributed by atoms with Crippen LogP contribution >= 0.6 is 11.6 Å². The number of halogens is 1. The lowest BCUT2D eigenvalue weighted by atomic mass is 10.0. The Hall–Kier alpha value is -2.07. The van der Waals surface area contributed by atoms with Gasteiger partial charge >= 0.3 is 5.97 Å². The number of ether oxygens (including phenoxy) is 1. The van der Waals surface area contributed by atoms with Gasteiger partial charge in [-0.1, -0.05) is 17.7 Å². The van der Waals surface area contributed by atoms with E-state index in [1.54, 1.807) is 30.3 Å². The molecule has 0 amide bonds. The maximum absolute atomic E-state index is 11.1. The van der Waals surface area contributed by atoms with E-state index in [9.17, 15) is 4.79 Å². The lowest BCUT2D eigenvalue weighted by Crippen LogP contribution is -2.02. The lowest BCUT2D eigenvalue weighted by Gasteiger charge is -2.09. The summed E-state index contributed by atoms with van der Waals surface area (Å²) in [6.07, 6.45) is 1.44. The molecule has 0 bridgehead atoms. The quantitative estimate of drug-likeness (QED) is 0.929. The Kier molecular flexibility index (Phi) is 4.02. The molecule has 0 radical (unpaired) electrons. The Labute approximate surface area is 115 Å². The van der Waals surface area contributed by atoms with Gasteiger partial charge in [0.05, 0.1) is 11.6 Å². The van der Waals surface area contributed by atoms with E-state index in [1.807, 2.05) is 6.92 Å². The predicted octanol–water partition coefficient (Wildman–Crippen LogP) is 3.50. The van der Waals surface area contributed by atoms with E-state index in [-0.39, 0.29) is 5.69 Å². The van der Waals surface area contributed by atoms with E-state index in [2.05, 4.69) is 4.98 Å². The lowest BCUT2D eigenvalue weighted by molar-refractivity contribution is 0.0691. The normalized spacial score (nSPS) is 10.2. The van der Waals surface area contributed by atoms with Crippen molar-refractivity contribution in [1.82, 2.24) is 4.98 Å². The van der Waals surface area contributed by atoms with Gasteiger partial charge in [-0.05, 0) is 31.2 Å². The van der Waals surface area contributed by atoms with Crippen molar-refractivity contribution in [3.8, 4) is 16.9 Å². The molecule has 2 aromatic rings. The van der Waals surface area contributed by atoms with E-state index < -0.39 is 5.97 Å². The average molecular weight is 278 g/mol. The molecule has 1 heterocycles. The molecule has 1 N–H and O–H groups in total. The number of nitrogens with zero attached hydrogens (tertiary/aromatic N) is 1. The second-order valence-corrected chi connectivity index (χ2v) is 4.19. The number of carboxylic acid groups (broad SMARTS) is 1. The number of rotatable bonds is 4. The number of aromatic nitrogens is 1. The molecular formula is C14H12ClNO3. The van der Waals surface area contributed by atoms with Crippen molar-refractivity contribution < 1.29 is 14.6 Å². The number of carbonyl (C=O) groups is 1. The van der Waals surface area contributed by atoms with Gasteiger partial charge in [-0.15, -0.1) is 0 Å². The van der Waals surface area contributed by atoms with E-state index in [1.165, 1.54) is 6.20 Å². The molecule has 19 heavy (non-hydrogen) atoms. The Morgan fingerprint density at radius 2 is 2.16 bits per heavy atom. The molecular weight excluding hydrogens is 266 g/mol. The first-order chi connectivity index (χ1) is 9.13. The third kappa shape index (κ3) is 2.85. The van der Waals surface area contributed by atoms with Crippen molar-refractivity contribution in [2.24, 2.45) is 0 Å². The van der Waals surface area contributed by atoms with Crippen molar-refractivity contribution >= 4 is 17.6 Å². The second kappa shape index (κ2) is 5.71. The van der Waals surface area contributed by atoms with Crippen molar-refractivity contribution in [2.75, 3.05) is 6.61 Å². The highest BCUT2D eigenvalue weighted by Crippen LogP contribution is 2.32. The molecule has 98 valence electrons. The smallest absolute Gasteiger partial charge is 0.355 e. The number of aromatic carboxylic acids is 1. The molecule has 1 aromatic carbocycles. The zero-order valence-electron chi connectivity index (χ0n) is 10.3. The van der Waals surface area contributed by atoms with Crippen molar-refractivity contribution in [3.05, 3.63) is 47.2 Å². The molecule has 0 unspecified atom stereocenters. The number of carboxylic acids is 1. The van der Waals surface area contributed by atoms with Gasteiger partial charge in [0.25, 0.3) is 0 Å². The number of hydrogen-bond acceptors (Lipinski definition) is 3. The number of pyridine rings is 1. The third-order valence-electron chi connectivity index (χ3n) is 2.55. The van der Waals surface area contributed by atoms with Crippen LogP contribution in [0.25, 0.3) is 11.1 Å². The van der Waals surface area contributed by atoms with Crippen molar-refractivity contribution in [1.29, 1.82) is 0 Å². The first-order valence-corrected chi connectivity index (χ1v) is 6.12. The monoisotopic (exact) mass is 277 g/mol. The first-order valence-electron chi connectivity index (χ1n) is 5.74. The number of hydrogen-bond donors (Lipinski definition) is 1. The minimum absolute atomic E-state index is 0.0199. The summed E-state index contributed by atoms with van der Waals surface area (Å²) in [6.45, 7) is 2.43. The van der Waals surface area contributed by atoms with Crippen LogP contribution in [0.2, 0.25) is 5.02 Å². The largest absolute Gasteiger partial charge is 0.494 e. The molecule has 0 aliphatic carbocycles. The van der Waals surface area contributed by atoms with Crippen LogP contribution in [0.3, 0.4) is 0 Å². The van der Waals surface area contributed by atoms with Gasteiger partial charge in [0.15, 0.2) is 5.69 Å². The molecule has 0 saturated carbocycles. The summed E-state index contributed by atoms with van der Waals surface area (Å²) in [7, 11) is 0. The zero-order chi connectivity index (χ0) is 13.8. The third-order valence-corrected chi connectivity index (χ3v) is 2.86. The predicted molar refractivity (Wildman–Crippen MR) is 72.8 cm³/mol. The second-order valence-electron chi connectivity index (χ2n) is 3.78. The summed E-state index contributed by atoms with van der Waals surface area (Å²) in [5, 5.41) is 9.56. The van der Waals surface area contributed by atoms with Crippen LogP contribution < -0.4 is 4.74 Å². The molecule has 1 aromatic heterocycles. The summed E-state index contributed by atoms with van der Waals surface area (Å²) < 4.78 is 5.34. The summed E-state index contributed by atoms with van der Waals surface area (Å²) in [5.74, 6) is -0.433. The Bertz CT molecular complexity index is 613. The van der Waals surface area contributed by atoms with E-state index in [0.717, 1.165) is 0 Å². The molecule has 2 rings (SSSR count). The summed E-state index contributed by atoms with van der Waals surface area (Å²) in [5.41, 5.74) is 1.09.